The Balaban J connectivity index is 0.0000120. The van der Waals surface area contributed by atoms with Crippen LogP contribution in [0.5, 0.6) is 0 Å². The van der Waals surface area contributed by atoms with Crippen molar-refractivity contribution in [2.45, 2.75) is 158 Å². The summed E-state index contributed by atoms with van der Waals surface area (Å²) >= 11 is 0. The van der Waals surface area contributed by atoms with E-state index in [-0.39, 0.29) is 163 Å². The number of nitrogens with zero attached hydrogens (tertiary/aromatic N) is 4. The molecule has 2 aliphatic rings. The van der Waals surface area contributed by atoms with Crippen molar-refractivity contribution in [2.24, 2.45) is 0 Å². The van der Waals surface area contributed by atoms with Gasteiger partial charge < -0.3 is 47.9 Å². The number of unbranched alkanes of at least 4 members (excludes halogenated alkanes) is 8. The Bertz CT molecular complexity index is 3750. The molecular formula is C76H84N4O16Pd. The number of hydrogen-bond acceptors (Lipinski definition) is 18. The van der Waals surface area contributed by atoms with Crippen LogP contribution in [0.15, 0.2) is 72.8 Å². The minimum absolute atomic E-state index is 0. The Morgan fingerprint density at radius 3 is 0.567 bits per heavy atom. The molecule has 0 N–H and O–H groups in total. The summed E-state index contributed by atoms with van der Waals surface area (Å²) in [7, 11) is 0. The summed E-state index contributed by atoms with van der Waals surface area (Å²) < 4.78 is 46.4. The molecule has 3 aromatic heterocycles. The molecule has 5 heterocycles. The molecular weight excluding hydrogens is 1330 g/mol. The van der Waals surface area contributed by atoms with E-state index in [2.05, 4.69) is 0 Å². The van der Waals surface area contributed by atoms with E-state index in [1.165, 1.54) is 48.5 Å². The fourth-order valence-corrected chi connectivity index (χ4v) is 10.9. The standard InChI is InChI=1S/C76H86N4O16.Pd/c1-9-17-25-89-69(81)53-33-45-46(34-54(53)70(82)90-26-18-10-2)62-42-64-49-37-57(73(85)93-29-21-13-5)58(74(86)94-30-22-14-6)38-50(49)66(79-64)44-68-52-40-60(76(88)96-32-24-16-8)59(75(87)95-31-23-15-7)39-51(52)67(80-68)43-65-48-36-56(72(84)92-28-20-12-4)55(71(83)91-27-19-11-3)35-47(48)63(78-65)41-61(45)77-62;/h33-44H,9-32H2,1-8H3,(H2,77,78,79,80,81,82,83,84,85,86,87,88);/q;+2/p-2. The first-order chi connectivity index (χ1) is 46.6. The van der Waals surface area contributed by atoms with E-state index in [1.54, 1.807) is 24.3 Å². The van der Waals surface area contributed by atoms with Gasteiger partial charge in [0.15, 0.2) is 0 Å². The molecule has 20 nitrogen and oxygen atoms in total. The first kappa shape index (κ1) is 73.7. The predicted molar refractivity (Wildman–Crippen MR) is 364 cm³/mol. The fourth-order valence-electron chi connectivity index (χ4n) is 10.9. The van der Waals surface area contributed by atoms with Crippen molar-refractivity contribution in [3.8, 4) is 45.0 Å². The van der Waals surface area contributed by atoms with E-state index in [1.807, 2.05) is 55.4 Å². The van der Waals surface area contributed by atoms with E-state index in [0.29, 0.717) is 95.2 Å². The molecule has 0 saturated carbocycles. The van der Waals surface area contributed by atoms with Crippen molar-refractivity contribution in [3.05, 3.63) is 117 Å². The quantitative estimate of drug-likeness (QED) is 0.0164. The van der Waals surface area contributed by atoms with Crippen LogP contribution in [0.1, 0.15) is 241 Å². The monoisotopic (exact) mass is 1410 g/mol. The molecule has 21 heteroatoms. The molecule has 0 saturated heterocycles. The van der Waals surface area contributed by atoms with Gasteiger partial charge in [0, 0.05) is 22.3 Å². The molecule has 0 fully saturated rings. The third-order valence-electron chi connectivity index (χ3n) is 16.5. The molecule has 9 rings (SSSR count). The maximum atomic E-state index is 14.4. The van der Waals surface area contributed by atoms with Crippen LogP contribution in [0.2, 0.25) is 0 Å². The minimum atomic E-state index is -0.778. The van der Waals surface area contributed by atoms with Gasteiger partial charge in [-0.1, -0.05) is 107 Å². The number of aromatic nitrogens is 4. The fraction of sp³-hybridized carbons (Fsp3) is 0.421. The van der Waals surface area contributed by atoms with Crippen LogP contribution < -0.4 is 9.97 Å². The van der Waals surface area contributed by atoms with Gasteiger partial charge in [-0.15, -0.1) is 22.1 Å². The van der Waals surface area contributed by atoms with Gasteiger partial charge in [0.2, 0.25) is 0 Å². The average molecular weight is 1420 g/mol. The maximum absolute atomic E-state index is 14.4. The summed E-state index contributed by atoms with van der Waals surface area (Å²) in [6, 6.07) is 18.8. The third kappa shape index (κ3) is 17.2. The second-order valence-electron chi connectivity index (χ2n) is 23.8. The Kier molecular flexibility index (Phi) is 26.8. The SMILES string of the molecule is CCCCOC(=O)c1cc2c(cc1C(=O)OCCCC)-c1cc3[n-]c(cc4nc(cc5[n-]c(cc-2n1)c1cc(C(=O)OCCCC)c(C(=O)OCCCC)cc51)-c1cc(C(=O)OCCCC)c(C(=O)OCCCC)cc1-4)c1cc(C(=O)OCCCC)c(C(=O)OCCCC)cc31.[Pd+2]. The Hall–Kier alpha value is -9.06. The molecule has 0 radical (unpaired) electrons. The molecule has 0 spiro atoms. The summed E-state index contributed by atoms with van der Waals surface area (Å²) in [5.41, 5.74) is 2.47. The van der Waals surface area contributed by atoms with E-state index in [9.17, 15) is 38.4 Å². The molecule has 7 aromatic rings. The van der Waals surface area contributed by atoms with Crippen LogP contribution in [0, 0.1) is 0 Å². The summed E-state index contributed by atoms with van der Waals surface area (Å²) in [4.78, 5) is 136. The zero-order valence-corrected chi connectivity index (χ0v) is 58.1. The smallest absolute Gasteiger partial charge is 0.657 e. The Labute approximate surface area is 578 Å². The predicted octanol–water partition coefficient (Wildman–Crippen LogP) is 16.2. The number of ether oxygens (including phenoxy) is 8. The van der Waals surface area contributed by atoms with Crippen LogP contribution in [-0.4, -0.2) is 111 Å². The first-order valence-corrected chi connectivity index (χ1v) is 33.9. The van der Waals surface area contributed by atoms with Gasteiger partial charge in [-0.05, 0) is 146 Å². The molecule has 97 heavy (non-hydrogen) atoms. The number of rotatable bonds is 32. The van der Waals surface area contributed by atoms with Crippen molar-refractivity contribution in [1.82, 2.24) is 19.9 Å². The first-order valence-electron chi connectivity index (χ1n) is 33.9. The second-order valence-corrected chi connectivity index (χ2v) is 23.8. The van der Waals surface area contributed by atoms with Crippen LogP contribution in [0.25, 0.3) is 88.6 Å². The zero-order valence-electron chi connectivity index (χ0n) is 56.5. The van der Waals surface area contributed by atoms with Crippen molar-refractivity contribution < 1.29 is 96.7 Å². The third-order valence-corrected chi connectivity index (χ3v) is 16.5. The van der Waals surface area contributed by atoms with Crippen molar-refractivity contribution in [3.63, 3.8) is 0 Å². The van der Waals surface area contributed by atoms with Gasteiger partial charge in [-0.25, -0.2) is 48.3 Å². The molecule has 2 aliphatic heterocycles. The Morgan fingerprint density at radius 2 is 0.412 bits per heavy atom. The maximum Gasteiger partial charge on any atom is 2.00 e. The Morgan fingerprint density at radius 1 is 0.258 bits per heavy atom. The number of fused-ring (bicyclic) bond motifs is 20. The largest absolute Gasteiger partial charge is 2.00 e. The topological polar surface area (TPSA) is 264 Å². The molecule has 514 valence electrons. The van der Waals surface area contributed by atoms with Gasteiger partial charge in [0.05, 0.1) is 120 Å². The molecule has 0 unspecified atom stereocenters. The molecule has 0 aliphatic carbocycles. The van der Waals surface area contributed by atoms with Crippen molar-refractivity contribution in [2.75, 3.05) is 52.9 Å². The summed E-state index contributed by atoms with van der Waals surface area (Å²) in [6.07, 6.45) is 10.3. The number of carbonyl (C=O) groups is 8. The number of carbonyl (C=O) groups excluding carboxylic acids is 8. The van der Waals surface area contributed by atoms with Gasteiger partial charge >= 0.3 is 68.2 Å². The van der Waals surface area contributed by atoms with E-state index in [0.717, 1.165) is 51.4 Å². The van der Waals surface area contributed by atoms with Crippen LogP contribution in [-0.2, 0) is 58.3 Å². The van der Waals surface area contributed by atoms with E-state index >= 15 is 0 Å². The number of hydrogen-bond donors (Lipinski definition) is 0. The summed E-state index contributed by atoms with van der Waals surface area (Å²) in [5, 5.41) is 1.41. The zero-order chi connectivity index (χ0) is 68.4. The minimum Gasteiger partial charge on any atom is -0.657 e. The number of benzene rings is 4. The summed E-state index contributed by atoms with van der Waals surface area (Å²) in [6.45, 7) is 16.2. The van der Waals surface area contributed by atoms with E-state index in [4.69, 9.17) is 57.8 Å². The van der Waals surface area contributed by atoms with Gasteiger partial charge in [0.25, 0.3) is 0 Å². The average Bonchev–Trinajstić information content (AvgIpc) is 1.64. The molecule has 0 amide bonds. The molecule has 0 atom stereocenters. The van der Waals surface area contributed by atoms with Gasteiger partial charge in [-0.2, -0.15) is 0 Å². The van der Waals surface area contributed by atoms with Gasteiger partial charge in [-0.3, -0.25) is 0 Å². The van der Waals surface area contributed by atoms with Crippen molar-refractivity contribution >= 4 is 91.4 Å². The summed E-state index contributed by atoms with van der Waals surface area (Å²) in [5.74, 6) is -6.22. The van der Waals surface area contributed by atoms with Crippen LogP contribution in [0.3, 0.4) is 0 Å². The van der Waals surface area contributed by atoms with E-state index < -0.39 is 47.8 Å². The normalized spacial score (nSPS) is 11.3. The van der Waals surface area contributed by atoms with Crippen LogP contribution in [0.4, 0.5) is 0 Å². The molecule has 8 bridgehead atoms. The van der Waals surface area contributed by atoms with Crippen molar-refractivity contribution in [1.29, 1.82) is 0 Å². The molecule has 4 aromatic carbocycles. The van der Waals surface area contributed by atoms with Gasteiger partial charge in [0.1, 0.15) is 0 Å². The second kappa shape index (κ2) is 35.3. The number of esters is 8. The van der Waals surface area contributed by atoms with Crippen LogP contribution >= 0.6 is 0 Å².